The van der Waals surface area contributed by atoms with Gasteiger partial charge in [-0.15, -0.1) is 0 Å². The zero-order valence-corrected chi connectivity index (χ0v) is 6.80. The maximum absolute atomic E-state index is 8.78. The molecule has 0 aromatic carbocycles. The predicted octanol–water partition coefficient (Wildman–Crippen LogP) is 1.24. The van der Waals surface area contributed by atoms with Crippen molar-refractivity contribution in [2.45, 2.75) is 6.61 Å². The Kier molecular flexibility index (Phi) is 2.68. The second-order valence-corrected chi connectivity index (χ2v) is 2.35. The van der Waals surface area contributed by atoms with Crippen molar-refractivity contribution in [1.82, 2.24) is 4.98 Å². The van der Waals surface area contributed by atoms with E-state index in [1.807, 2.05) is 0 Å². The first-order valence-corrected chi connectivity index (χ1v) is 3.46. The summed E-state index contributed by atoms with van der Waals surface area (Å²) in [4.78, 5) is 3.85. The Hall–Kier alpha value is -0.800. The summed E-state index contributed by atoms with van der Waals surface area (Å²) in [5.74, 6) is 0.375. The quantitative estimate of drug-likeness (QED) is 0.685. The van der Waals surface area contributed by atoms with Crippen molar-refractivity contribution >= 4 is 11.6 Å². The molecule has 0 saturated carbocycles. The fraction of sp³-hybridized carbons (Fsp3) is 0.286. The Bertz CT molecular complexity index is 252. The van der Waals surface area contributed by atoms with E-state index in [0.717, 1.165) is 0 Å². The lowest BCUT2D eigenvalue weighted by atomic mass is 10.3. The van der Waals surface area contributed by atoms with Crippen LogP contribution < -0.4 is 4.74 Å². The summed E-state index contributed by atoms with van der Waals surface area (Å²) in [6, 6.07) is 3.28. The van der Waals surface area contributed by atoms with E-state index in [1.165, 1.54) is 7.11 Å². The van der Waals surface area contributed by atoms with Gasteiger partial charge in [0.05, 0.1) is 13.7 Å². The second-order valence-electron chi connectivity index (χ2n) is 1.96. The maximum Gasteiger partial charge on any atom is 0.220 e. The Labute approximate surface area is 69.6 Å². The summed E-state index contributed by atoms with van der Waals surface area (Å²) in [7, 11) is 1.48. The minimum Gasteiger partial charge on any atom is -0.481 e. The molecule has 0 bridgehead atoms. The first kappa shape index (κ1) is 8.30. The zero-order valence-electron chi connectivity index (χ0n) is 6.04. The standard InChI is InChI=1S/C7H8ClNO2/c1-11-7-5(4-10)2-3-6(8)9-7/h2-3,10H,4H2,1H3. The fourth-order valence-electron chi connectivity index (χ4n) is 0.744. The zero-order chi connectivity index (χ0) is 8.27. The SMILES string of the molecule is COc1nc(Cl)ccc1CO. The van der Waals surface area contributed by atoms with Gasteiger partial charge < -0.3 is 9.84 Å². The first-order chi connectivity index (χ1) is 5.27. The van der Waals surface area contributed by atoms with Crippen molar-refractivity contribution in [3.63, 3.8) is 0 Å². The van der Waals surface area contributed by atoms with Crippen LogP contribution in [0.25, 0.3) is 0 Å². The molecule has 3 nitrogen and oxygen atoms in total. The van der Waals surface area contributed by atoms with E-state index < -0.39 is 0 Å². The highest BCUT2D eigenvalue weighted by atomic mass is 35.5. The number of aliphatic hydroxyl groups excluding tert-OH is 1. The lowest BCUT2D eigenvalue weighted by molar-refractivity contribution is 0.271. The summed E-state index contributed by atoms with van der Waals surface area (Å²) in [5.41, 5.74) is 0.636. The molecule has 0 saturated heterocycles. The van der Waals surface area contributed by atoms with Crippen LogP contribution >= 0.6 is 11.6 Å². The normalized spacial score (nSPS) is 9.73. The van der Waals surface area contributed by atoms with Gasteiger partial charge in [0.25, 0.3) is 0 Å². The van der Waals surface area contributed by atoms with E-state index in [1.54, 1.807) is 12.1 Å². The minimum absolute atomic E-state index is 0.0899. The lowest BCUT2D eigenvalue weighted by Crippen LogP contribution is -1.94. The number of halogens is 1. The molecule has 0 spiro atoms. The molecular formula is C7H8ClNO2. The molecule has 0 aliphatic carbocycles. The number of methoxy groups -OCH3 is 1. The molecule has 0 fully saturated rings. The van der Waals surface area contributed by atoms with Gasteiger partial charge in [0.1, 0.15) is 5.15 Å². The molecule has 0 atom stereocenters. The number of nitrogens with zero attached hydrogens (tertiary/aromatic N) is 1. The number of pyridine rings is 1. The molecule has 0 aliphatic rings. The van der Waals surface area contributed by atoms with E-state index in [-0.39, 0.29) is 6.61 Å². The van der Waals surface area contributed by atoms with Crippen molar-refractivity contribution in [3.05, 3.63) is 22.8 Å². The number of hydrogen-bond donors (Lipinski definition) is 1. The van der Waals surface area contributed by atoms with Crippen molar-refractivity contribution in [1.29, 1.82) is 0 Å². The summed E-state index contributed by atoms with van der Waals surface area (Å²) in [5, 5.41) is 9.14. The molecule has 11 heavy (non-hydrogen) atoms. The molecule has 0 amide bonds. The minimum atomic E-state index is -0.0899. The van der Waals surface area contributed by atoms with Gasteiger partial charge in [0, 0.05) is 5.56 Å². The number of rotatable bonds is 2. The van der Waals surface area contributed by atoms with Gasteiger partial charge >= 0.3 is 0 Å². The fourth-order valence-corrected chi connectivity index (χ4v) is 0.884. The monoisotopic (exact) mass is 173 g/mol. The molecule has 0 aliphatic heterocycles. The average molecular weight is 174 g/mol. The van der Waals surface area contributed by atoms with E-state index in [2.05, 4.69) is 4.98 Å². The van der Waals surface area contributed by atoms with Crippen molar-refractivity contribution < 1.29 is 9.84 Å². The van der Waals surface area contributed by atoms with Crippen LogP contribution in [0.3, 0.4) is 0 Å². The van der Waals surface area contributed by atoms with Crippen LogP contribution in [0.15, 0.2) is 12.1 Å². The van der Waals surface area contributed by atoms with Crippen LogP contribution in [-0.4, -0.2) is 17.2 Å². The number of aliphatic hydroxyl groups is 1. The molecule has 1 rings (SSSR count). The summed E-state index contributed by atoms with van der Waals surface area (Å²) in [6.07, 6.45) is 0. The highest BCUT2D eigenvalue weighted by Crippen LogP contribution is 2.17. The van der Waals surface area contributed by atoms with E-state index in [4.69, 9.17) is 21.4 Å². The molecule has 1 aromatic rings. The second kappa shape index (κ2) is 3.55. The Morgan fingerprint density at radius 1 is 1.64 bits per heavy atom. The Morgan fingerprint density at radius 2 is 2.36 bits per heavy atom. The summed E-state index contributed by atoms with van der Waals surface area (Å²) < 4.78 is 4.86. The molecule has 4 heteroatoms. The highest BCUT2D eigenvalue weighted by molar-refractivity contribution is 6.29. The van der Waals surface area contributed by atoms with Gasteiger partial charge in [-0.2, -0.15) is 0 Å². The van der Waals surface area contributed by atoms with Crippen LogP contribution in [0.1, 0.15) is 5.56 Å². The Balaban J connectivity index is 3.06. The molecule has 60 valence electrons. The lowest BCUT2D eigenvalue weighted by Gasteiger charge is -2.03. The topological polar surface area (TPSA) is 42.4 Å². The molecule has 1 N–H and O–H groups in total. The van der Waals surface area contributed by atoms with E-state index in [9.17, 15) is 0 Å². The van der Waals surface area contributed by atoms with Gasteiger partial charge in [-0.25, -0.2) is 4.98 Å². The smallest absolute Gasteiger partial charge is 0.220 e. The number of ether oxygens (including phenoxy) is 1. The first-order valence-electron chi connectivity index (χ1n) is 3.08. The van der Waals surface area contributed by atoms with Crippen LogP contribution in [0.2, 0.25) is 5.15 Å². The third kappa shape index (κ3) is 1.82. The van der Waals surface area contributed by atoms with Crippen LogP contribution in [0.4, 0.5) is 0 Å². The van der Waals surface area contributed by atoms with Gasteiger partial charge in [0.2, 0.25) is 5.88 Å². The summed E-state index contributed by atoms with van der Waals surface area (Å²) >= 11 is 5.58. The van der Waals surface area contributed by atoms with Crippen LogP contribution in [0.5, 0.6) is 5.88 Å². The molecule has 0 radical (unpaired) electrons. The molecule has 1 heterocycles. The van der Waals surface area contributed by atoms with Gasteiger partial charge in [-0.3, -0.25) is 0 Å². The van der Waals surface area contributed by atoms with Crippen molar-refractivity contribution in [2.24, 2.45) is 0 Å². The van der Waals surface area contributed by atoms with Crippen molar-refractivity contribution in [3.8, 4) is 5.88 Å². The summed E-state index contributed by atoms with van der Waals surface area (Å²) in [6.45, 7) is -0.0899. The number of aromatic nitrogens is 1. The average Bonchev–Trinajstić information content (AvgIpc) is 2.04. The number of hydrogen-bond acceptors (Lipinski definition) is 3. The third-order valence-corrected chi connectivity index (χ3v) is 1.48. The molecule has 1 aromatic heterocycles. The highest BCUT2D eigenvalue weighted by Gasteiger charge is 2.02. The Morgan fingerprint density at radius 3 is 2.91 bits per heavy atom. The van der Waals surface area contributed by atoms with Crippen LogP contribution in [-0.2, 0) is 6.61 Å². The largest absolute Gasteiger partial charge is 0.481 e. The van der Waals surface area contributed by atoms with E-state index >= 15 is 0 Å². The van der Waals surface area contributed by atoms with Gasteiger partial charge in [-0.1, -0.05) is 11.6 Å². The van der Waals surface area contributed by atoms with Gasteiger partial charge in [0.15, 0.2) is 0 Å². The van der Waals surface area contributed by atoms with E-state index in [0.29, 0.717) is 16.6 Å². The van der Waals surface area contributed by atoms with Crippen LogP contribution in [0, 0.1) is 0 Å². The maximum atomic E-state index is 8.78. The van der Waals surface area contributed by atoms with Crippen molar-refractivity contribution in [2.75, 3.05) is 7.11 Å². The third-order valence-electron chi connectivity index (χ3n) is 1.27. The molecule has 0 unspecified atom stereocenters. The molecular weight excluding hydrogens is 166 g/mol. The predicted molar refractivity (Wildman–Crippen MR) is 41.7 cm³/mol. The van der Waals surface area contributed by atoms with Gasteiger partial charge in [-0.05, 0) is 12.1 Å².